The molecule has 1 aromatic carbocycles. The number of hydrogen-bond donors (Lipinski definition) is 1. The van der Waals surface area contributed by atoms with Crippen molar-refractivity contribution in [1.29, 1.82) is 0 Å². The zero-order valence-corrected chi connectivity index (χ0v) is 13.0. The number of benzene rings is 1. The van der Waals surface area contributed by atoms with E-state index in [4.69, 9.17) is 11.6 Å². The fraction of sp³-hybridized carbons (Fsp3) is 0.333. The van der Waals surface area contributed by atoms with Crippen molar-refractivity contribution >= 4 is 17.6 Å². The smallest absolute Gasteiger partial charge is 0.339 e. The lowest BCUT2D eigenvalue weighted by molar-refractivity contribution is 0.0694. The lowest BCUT2D eigenvalue weighted by Crippen LogP contribution is -2.24. The molecule has 0 aliphatic rings. The predicted octanol–water partition coefficient (Wildman–Crippen LogP) is 2.96. The summed E-state index contributed by atoms with van der Waals surface area (Å²) in [6.45, 7) is 2.52. The lowest BCUT2D eigenvalue weighted by Gasteiger charge is -2.26. The number of aromatic nitrogens is 2. The molecule has 2 rings (SSSR count). The molecule has 0 saturated heterocycles. The minimum atomic E-state index is -0.961. The summed E-state index contributed by atoms with van der Waals surface area (Å²) in [6, 6.07) is 7.73. The van der Waals surface area contributed by atoms with Crippen molar-refractivity contribution in [2.24, 2.45) is 7.05 Å². The monoisotopic (exact) mass is 307 g/mol. The first-order chi connectivity index (χ1) is 9.91. The van der Waals surface area contributed by atoms with Crippen molar-refractivity contribution in [2.75, 3.05) is 7.05 Å². The van der Waals surface area contributed by atoms with Crippen molar-refractivity contribution in [3.05, 3.63) is 52.3 Å². The maximum atomic E-state index is 11.2. The quantitative estimate of drug-likeness (QED) is 0.922. The molecule has 112 valence electrons. The van der Waals surface area contributed by atoms with E-state index in [9.17, 15) is 9.90 Å². The van der Waals surface area contributed by atoms with Gasteiger partial charge in [-0.1, -0.05) is 29.8 Å². The van der Waals surface area contributed by atoms with E-state index < -0.39 is 5.97 Å². The highest BCUT2D eigenvalue weighted by atomic mass is 35.5. The van der Waals surface area contributed by atoms with E-state index in [2.05, 4.69) is 5.10 Å². The highest BCUT2D eigenvalue weighted by Gasteiger charge is 2.20. The van der Waals surface area contributed by atoms with Gasteiger partial charge in [0.05, 0.1) is 11.9 Å². The zero-order chi connectivity index (χ0) is 15.6. The number of halogens is 1. The number of rotatable bonds is 5. The van der Waals surface area contributed by atoms with Crippen LogP contribution < -0.4 is 0 Å². The number of aromatic carboxylic acids is 1. The summed E-state index contributed by atoms with van der Waals surface area (Å²) in [4.78, 5) is 13.3. The van der Waals surface area contributed by atoms with Gasteiger partial charge >= 0.3 is 5.97 Å². The standard InChI is InChI=1S/C15H18ClN3O2/c1-10(11-6-4-5-7-13(11)16)18(2)9-14-12(15(20)21)8-17-19(14)3/h4-8,10H,9H2,1-3H3,(H,20,21). The van der Waals surface area contributed by atoms with Crippen molar-refractivity contribution < 1.29 is 9.90 Å². The topological polar surface area (TPSA) is 58.4 Å². The Hall–Kier alpha value is -1.85. The summed E-state index contributed by atoms with van der Waals surface area (Å²) in [7, 11) is 3.68. The zero-order valence-electron chi connectivity index (χ0n) is 12.2. The normalized spacial score (nSPS) is 12.6. The molecule has 0 radical (unpaired) electrons. The average molecular weight is 308 g/mol. The molecule has 0 aliphatic heterocycles. The number of carbonyl (C=O) groups is 1. The van der Waals surface area contributed by atoms with Gasteiger partial charge < -0.3 is 5.11 Å². The Kier molecular flexibility index (Phi) is 4.65. The Morgan fingerprint density at radius 2 is 2.14 bits per heavy atom. The van der Waals surface area contributed by atoms with E-state index in [1.165, 1.54) is 6.20 Å². The summed E-state index contributed by atoms with van der Waals surface area (Å²) in [5, 5.41) is 13.9. The van der Waals surface area contributed by atoms with Crippen molar-refractivity contribution in [3.8, 4) is 0 Å². The van der Waals surface area contributed by atoms with E-state index in [1.54, 1.807) is 11.7 Å². The van der Waals surface area contributed by atoms with Crippen LogP contribution in [0.4, 0.5) is 0 Å². The van der Waals surface area contributed by atoms with Crippen LogP contribution in [0.5, 0.6) is 0 Å². The van der Waals surface area contributed by atoms with Crippen LogP contribution in [0.2, 0.25) is 5.02 Å². The average Bonchev–Trinajstić information content (AvgIpc) is 2.80. The molecule has 1 N–H and O–H groups in total. The summed E-state index contributed by atoms with van der Waals surface area (Å²) in [5.74, 6) is -0.961. The molecule has 1 heterocycles. The Morgan fingerprint density at radius 1 is 1.48 bits per heavy atom. The van der Waals surface area contributed by atoms with Crippen molar-refractivity contribution in [3.63, 3.8) is 0 Å². The summed E-state index contributed by atoms with van der Waals surface area (Å²) >= 11 is 6.22. The number of carboxylic acids is 1. The molecular weight excluding hydrogens is 290 g/mol. The van der Waals surface area contributed by atoms with E-state index in [1.807, 2.05) is 43.1 Å². The molecule has 0 amide bonds. The Labute approximate surface area is 128 Å². The van der Waals surface area contributed by atoms with Crippen LogP contribution in [-0.2, 0) is 13.6 Å². The predicted molar refractivity (Wildman–Crippen MR) is 81.5 cm³/mol. The van der Waals surface area contributed by atoms with Gasteiger partial charge in [-0.3, -0.25) is 9.58 Å². The lowest BCUT2D eigenvalue weighted by atomic mass is 10.1. The molecule has 0 spiro atoms. The third-order valence-electron chi connectivity index (χ3n) is 3.71. The first kappa shape index (κ1) is 15.5. The second-order valence-corrected chi connectivity index (χ2v) is 5.45. The third-order valence-corrected chi connectivity index (χ3v) is 4.05. The summed E-state index contributed by atoms with van der Waals surface area (Å²) < 4.78 is 1.60. The van der Waals surface area contributed by atoms with Gasteiger partial charge in [0, 0.05) is 24.7 Å². The van der Waals surface area contributed by atoms with Gasteiger partial charge in [-0.2, -0.15) is 5.10 Å². The number of nitrogens with zero attached hydrogens (tertiary/aromatic N) is 3. The highest BCUT2D eigenvalue weighted by molar-refractivity contribution is 6.31. The van der Waals surface area contributed by atoms with Gasteiger partial charge in [-0.05, 0) is 25.6 Å². The van der Waals surface area contributed by atoms with Gasteiger partial charge in [0.2, 0.25) is 0 Å². The van der Waals surface area contributed by atoms with E-state index >= 15 is 0 Å². The number of hydrogen-bond acceptors (Lipinski definition) is 3. The molecule has 0 aliphatic carbocycles. The second-order valence-electron chi connectivity index (χ2n) is 5.05. The molecule has 1 aromatic heterocycles. The third kappa shape index (κ3) is 3.25. The van der Waals surface area contributed by atoms with Gasteiger partial charge in [-0.25, -0.2) is 4.79 Å². The Balaban J connectivity index is 2.22. The molecule has 5 nitrogen and oxygen atoms in total. The largest absolute Gasteiger partial charge is 0.478 e. The van der Waals surface area contributed by atoms with Gasteiger partial charge in [0.1, 0.15) is 5.56 Å². The van der Waals surface area contributed by atoms with Crippen LogP contribution in [0.15, 0.2) is 30.5 Å². The first-order valence-corrected chi connectivity index (χ1v) is 6.98. The number of carboxylic acid groups (broad SMARTS) is 1. The van der Waals surface area contributed by atoms with Crippen LogP contribution >= 0.6 is 11.6 Å². The molecule has 0 fully saturated rings. The van der Waals surface area contributed by atoms with Crippen LogP contribution in [0, 0.1) is 0 Å². The SMILES string of the molecule is CC(c1ccccc1Cl)N(C)Cc1c(C(=O)O)cnn1C. The molecule has 2 aromatic rings. The molecule has 0 bridgehead atoms. The van der Waals surface area contributed by atoms with Gasteiger partial charge in [0.15, 0.2) is 0 Å². The van der Waals surface area contributed by atoms with E-state index in [0.717, 1.165) is 5.56 Å². The van der Waals surface area contributed by atoms with Crippen LogP contribution in [0.25, 0.3) is 0 Å². The molecule has 0 saturated carbocycles. The van der Waals surface area contributed by atoms with Gasteiger partial charge in [-0.15, -0.1) is 0 Å². The molecule has 1 unspecified atom stereocenters. The van der Waals surface area contributed by atoms with E-state index in [-0.39, 0.29) is 11.6 Å². The minimum Gasteiger partial charge on any atom is -0.478 e. The maximum absolute atomic E-state index is 11.2. The minimum absolute atomic E-state index is 0.0650. The van der Waals surface area contributed by atoms with Crippen molar-refractivity contribution in [2.45, 2.75) is 19.5 Å². The number of aryl methyl sites for hydroxylation is 1. The van der Waals surface area contributed by atoms with Crippen LogP contribution in [0.3, 0.4) is 0 Å². The van der Waals surface area contributed by atoms with Crippen LogP contribution in [-0.4, -0.2) is 32.8 Å². The Morgan fingerprint density at radius 3 is 2.76 bits per heavy atom. The highest BCUT2D eigenvalue weighted by Crippen LogP contribution is 2.27. The van der Waals surface area contributed by atoms with Crippen LogP contribution in [0.1, 0.15) is 34.6 Å². The fourth-order valence-electron chi connectivity index (χ4n) is 2.25. The fourth-order valence-corrected chi connectivity index (χ4v) is 2.55. The molecule has 6 heteroatoms. The molecule has 21 heavy (non-hydrogen) atoms. The second kappa shape index (κ2) is 6.28. The van der Waals surface area contributed by atoms with E-state index in [0.29, 0.717) is 17.3 Å². The maximum Gasteiger partial charge on any atom is 0.339 e. The molecule has 1 atom stereocenters. The Bertz CT molecular complexity index is 654. The first-order valence-electron chi connectivity index (χ1n) is 6.60. The summed E-state index contributed by atoms with van der Waals surface area (Å²) in [5.41, 5.74) is 1.92. The van der Waals surface area contributed by atoms with Gasteiger partial charge in [0.25, 0.3) is 0 Å². The molecular formula is C15H18ClN3O2. The van der Waals surface area contributed by atoms with Crippen molar-refractivity contribution in [1.82, 2.24) is 14.7 Å². The summed E-state index contributed by atoms with van der Waals surface area (Å²) in [6.07, 6.45) is 1.38.